The van der Waals surface area contributed by atoms with E-state index < -0.39 is 0 Å². The van der Waals surface area contributed by atoms with Crippen LogP contribution in [0.25, 0.3) is 21.7 Å². The summed E-state index contributed by atoms with van der Waals surface area (Å²) in [6.07, 6.45) is 1.94. The summed E-state index contributed by atoms with van der Waals surface area (Å²) in [7, 11) is 0. The molecule has 28 heavy (non-hydrogen) atoms. The fourth-order valence-corrected chi connectivity index (χ4v) is 4.75. The van der Waals surface area contributed by atoms with Crippen LogP contribution in [-0.4, -0.2) is 32.5 Å². The first-order valence-electron chi connectivity index (χ1n) is 9.26. The van der Waals surface area contributed by atoms with Crippen LogP contribution in [0.5, 0.6) is 0 Å². The van der Waals surface area contributed by atoms with E-state index in [0.717, 1.165) is 40.2 Å². The number of aryl methyl sites for hydroxylation is 1. The number of aromatic nitrogens is 3. The van der Waals surface area contributed by atoms with Crippen molar-refractivity contribution < 1.29 is 9.32 Å². The van der Waals surface area contributed by atoms with E-state index in [-0.39, 0.29) is 11.9 Å². The van der Waals surface area contributed by atoms with Crippen molar-refractivity contribution in [2.75, 3.05) is 6.54 Å². The molecule has 1 unspecified atom stereocenters. The molecule has 1 atom stereocenters. The van der Waals surface area contributed by atoms with Gasteiger partial charge in [-0.05, 0) is 56.2 Å². The van der Waals surface area contributed by atoms with Gasteiger partial charge in [0.1, 0.15) is 5.01 Å². The molecule has 0 spiro atoms. The molecule has 0 saturated carbocycles. The van der Waals surface area contributed by atoms with Gasteiger partial charge < -0.3 is 9.42 Å². The van der Waals surface area contributed by atoms with Crippen molar-refractivity contribution in [2.24, 2.45) is 0 Å². The highest BCUT2D eigenvalue weighted by molar-refractivity contribution is 7.18. The first kappa shape index (κ1) is 17.1. The smallest absolute Gasteiger partial charge is 0.257 e. The van der Waals surface area contributed by atoms with Crippen molar-refractivity contribution in [3.8, 4) is 11.5 Å². The fraction of sp³-hybridized carbons (Fsp3) is 0.238. The number of likely N-dealkylation sites (tertiary alicyclic amines) is 1. The van der Waals surface area contributed by atoms with Crippen LogP contribution in [0.1, 0.15) is 40.1 Å². The van der Waals surface area contributed by atoms with E-state index in [1.807, 2.05) is 47.4 Å². The average Bonchev–Trinajstić information content (AvgIpc) is 3.46. The Labute approximate surface area is 165 Å². The molecule has 3 heterocycles. The van der Waals surface area contributed by atoms with Gasteiger partial charge >= 0.3 is 0 Å². The number of para-hydroxylation sites is 1. The molecular weight excluding hydrogens is 372 g/mol. The summed E-state index contributed by atoms with van der Waals surface area (Å²) in [4.78, 5) is 24.1. The molecule has 0 bridgehead atoms. The molecule has 1 saturated heterocycles. The zero-order valence-corrected chi connectivity index (χ0v) is 16.1. The number of rotatable bonds is 3. The van der Waals surface area contributed by atoms with Gasteiger partial charge in [0.05, 0.1) is 16.3 Å². The third kappa shape index (κ3) is 2.97. The largest absolute Gasteiger partial charge is 0.334 e. The number of thiazole rings is 1. The van der Waals surface area contributed by atoms with E-state index in [9.17, 15) is 4.79 Å². The Morgan fingerprint density at radius 1 is 1.14 bits per heavy atom. The van der Waals surface area contributed by atoms with Crippen LogP contribution < -0.4 is 0 Å². The quantitative estimate of drug-likeness (QED) is 0.510. The van der Waals surface area contributed by atoms with Gasteiger partial charge in [0, 0.05) is 17.7 Å². The second-order valence-corrected chi connectivity index (χ2v) is 7.96. The summed E-state index contributed by atoms with van der Waals surface area (Å²) in [5, 5.41) is 4.83. The lowest BCUT2D eigenvalue weighted by atomic mass is 10.1. The van der Waals surface area contributed by atoms with E-state index >= 15 is 0 Å². The van der Waals surface area contributed by atoms with Gasteiger partial charge in [-0.1, -0.05) is 17.3 Å². The van der Waals surface area contributed by atoms with E-state index in [0.29, 0.717) is 17.3 Å². The molecule has 6 nitrogen and oxygen atoms in total. The Balaban J connectivity index is 1.40. The second kappa shape index (κ2) is 6.83. The molecule has 1 amide bonds. The third-order valence-corrected chi connectivity index (χ3v) is 6.15. The van der Waals surface area contributed by atoms with Crippen LogP contribution in [0.3, 0.4) is 0 Å². The summed E-state index contributed by atoms with van der Waals surface area (Å²) in [6.45, 7) is 2.53. The first-order chi connectivity index (χ1) is 13.7. The number of nitrogens with zero attached hydrogens (tertiary/aromatic N) is 4. The topological polar surface area (TPSA) is 72.1 Å². The Kier molecular flexibility index (Phi) is 4.16. The van der Waals surface area contributed by atoms with Crippen LogP contribution in [0.4, 0.5) is 0 Å². The summed E-state index contributed by atoms with van der Waals surface area (Å²) in [5.74, 6) is 1.09. The van der Waals surface area contributed by atoms with Gasteiger partial charge in [-0.3, -0.25) is 4.79 Å². The molecule has 0 N–H and O–H groups in total. The summed E-state index contributed by atoms with van der Waals surface area (Å²) < 4.78 is 6.35. The maximum absolute atomic E-state index is 13.1. The minimum Gasteiger partial charge on any atom is -0.334 e. The Bertz CT molecular complexity index is 1120. The Morgan fingerprint density at radius 2 is 1.96 bits per heavy atom. The minimum atomic E-state index is 0.0371. The lowest BCUT2D eigenvalue weighted by Gasteiger charge is -2.23. The molecule has 1 fully saturated rings. The van der Waals surface area contributed by atoms with Crippen LogP contribution in [0.15, 0.2) is 53.1 Å². The van der Waals surface area contributed by atoms with Crippen LogP contribution in [0, 0.1) is 6.92 Å². The average molecular weight is 390 g/mol. The molecule has 0 aliphatic carbocycles. The summed E-state index contributed by atoms with van der Waals surface area (Å²) in [5.41, 5.74) is 2.47. The maximum Gasteiger partial charge on any atom is 0.257 e. The number of benzene rings is 2. The van der Waals surface area contributed by atoms with E-state index in [2.05, 4.69) is 16.2 Å². The molecule has 0 radical (unpaired) electrons. The highest BCUT2D eigenvalue weighted by Gasteiger charge is 2.32. The lowest BCUT2D eigenvalue weighted by Crippen LogP contribution is -2.30. The number of carbonyl (C=O) groups excluding carboxylic acids is 1. The number of fused-ring (bicyclic) bond motifs is 1. The van der Waals surface area contributed by atoms with Gasteiger partial charge in [-0.2, -0.15) is 4.98 Å². The van der Waals surface area contributed by atoms with Crippen molar-refractivity contribution in [2.45, 2.75) is 25.8 Å². The second-order valence-electron chi connectivity index (χ2n) is 6.90. The van der Waals surface area contributed by atoms with E-state index in [1.54, 1.807) is 18.3 Å². The minimum absolute atomic E-state index is 0.0371. The monoisotopic (exact) mass is 390 g/mol. The zero-order chi connectivity index (χ0) is 19.1. The highest BCUT2D eigenvalue weighted by atomic mass is 32.1. The van der Waals surface area contributed by atoms with E-state index in [4.69, 9.17) is 9.51 Å². The molecular formula is C21H18N4O2S. The lowest BCUT2D eigenvalue weighted by molar-refractivity contribution is 0.0735. The highest BCUT2D eigenvalue weighted by Crippen LogP contribution is 2.37. The predicted molar refractivity (Wildman–Crippen MR) is 107 cm³/mol. The number of hydrogen-bond donors (Lipinski definition) is 0. The molecule has 5 rings (SSSR count). The summed E-state index contributed by atoms with van der Waals surface area (Å²) in [6, 6.07) is 15.5. The molecule has 2 aromatic carbocycles. The zero-order valence-electron chi connectivity index (χ0n) is 15.3. The third-order valence-electron chi connectivity index (χ3n) is 5.02. The van der Waals surface area contributed by atoms with Gasteiger partial charge in [-0.15, -0.1) is 11.3 Å². The van der Waals surface area contributed by atoms with Crippen molar-refractivity contribution in [3.63, 3.8) is 0 Å². The van der Waals surface area contributed by atoms with Gasteiger partial charge in [-0.25, -0.2) is 4.98 Å². The molecule has 2 aromatic heterocycles. The first-order valence-corrected chi connectivity index (χ1v) is 10.1. The van der Waals surface area contributed by atoms with Crippen molar-refractivity contribution in [1.29, 1.82) is 0 Å². The molecule has 1 aliphatic rings. The molecule has 4 aromatic rings. The van der Waals surface area contributed by atoms with Gasteiger partial charge in [0.2, 0.25) is 0 Å². The van der Waals surface area contributed by atoms with Crippen LogP contribution in [-0.2, 0) is 0 Å². The Hall–Kier alpha value is -3.06. The van der Waals surface area contributed by atoms with E-state index in [1.165, 1.54) is 0 Å². The molecule has 1 aliphatic heterocycles. The number of carbonyl (C=O) groups is 1. The van der Waals surface area contributed by atoms with Crippen molar-refractivity contribution >= 4 is 27.5 Å². The van der Waals surface area contributed by atoms with Crippen LogP contribution >= 0.6 is 11.3 Å². The van der Waals surface area contributed by atoms with Crippen molar-refractivity contribution in [3.05, 3.63) is 64.9 Å². The number of hydrogen-bond acceptors (Lipinski definition) is 6. The van der Waals surface area contributed by atoms with Gasteiger partial charge in [0.15, 0.2) is 5.82 Å². The standard InChI is InChI=1S/C21H18N4O2S/c1-13-22-19(27-24-13)14-8-10-15(11-9-14)21(26)25-12-4-6-17(25)20-23-16-5-2-3-7-18(16)28-20/h2-3,5,7-11,17H,4,6,12H2,1H3. The maximum atomic E-state index is 13.1. The molecule has 140 valence electrons. The predicted octanol–water partition coefficient (Wildman–Crippen LogP) is 4.63. The Morgan fingerprint density at radius 3 is 2.71 bits per heavy atom. The van der Waals surface area contributed by atoms with Gasteiger partial charge in [0.25, 0.3) is 11.8 Å². The fourth-order valence-electron chi connectivity index (χ4n) is 3.63. The van der Waals surface area contributed by atoms with Crippen molar-refractivity contribution in [1.82, 2.24) is 20.0 Å². The van der Waals surface area contributed by atoms with Crippen LogP contribution in [0.2, 0.25) is 0 Å². The SMILES string of the molecule is Cc1noc(-c2ccc(C(=O)N3CCCC3c3nc4ccccc4s3)cc2)n1. The molecule has 7 heteroatoms. The number of amides is 1. The normalized spacial score (nSPS) is 16.8. The summed E-state index contributed by atoms with van der Waals surface area (Å²) >= 11 is 1.68.